The van der Waals surface area contributed by atoms with Gasteiger partial charge in [-0.1, -0.05) is 18.2 Å². The molecule has 6 heteroatoms. The van der Waals surface area contributed by atoms with E-state index in [1.165, 1.54) is 31.4 Å². The first-order valence-electron chi connectivity index (χ1n) is 5.97. The topological polar surface area (TPSA) is 9.23 Å². The third-order valence-electron chi connectivity index (χ3n) is 3.00. The molecule has 0 N–H and O–H groups in total. The highest BCUT2D eigenvalue weighted by Crippen LogP contribution is 2.41. The first-order valence-corrected chi connectivity index (χ1v) is 5.97. The summed E-state index contributed by atoms with van der Waals surface area (Å²) >= 11 is 0. The summed E-state index contributed by atoms with van der Waals surface area (Å²) in [5, 5.41) is 0. The third-order valence-corrected chi connectivity index (χ3v) is 3.00. The van der Waals surface area contributed by atoms with E-state index in [1.807, 2.05) is 0 Å². The molecule has 0 bridgehead atoms. The maximum atomic E-state index is 13.0. The highest BCUT2D eigenvalue weighted by Gasteiger charge is 2.34. The van der Waals surface area contributed by atoms with Crippen LogP contribution in [0.1, 0.15) is 17.6 Å². The molecule has 0 atom stereocenters. The van der Waals surface area contributed by atoms with Crippen LogP contribution in [0, 0.1) is 0 Å². The molecule has 21 heavy (non-hydrogen) atoms. The van der Waals surface area contributed by atoms with Crippen LogP contribution in [0.15, 0.2) is 42.5 Å². The lowest BCUT2D eigenvalue weighted by molar-refractivity contribution is -0.137. The molecule has 0 aliphatic carbocycles. The van der Waals surface area contributed by atoms with E-state index in [2.05, 4.69) is 0 Å². The molecule has 0 heterocycles. The van der Waals surface area contributed by atoms with Crippen molar-refractivity contribution in [2.45, 2.75) is 12.6 Å². The van der Waals surface area contributed by atoms with Crippen molar-refractivity contribution < 1.29 is 26.7 Å². The lowest BCUT2D eigenvalue weighted by Gasteiger charge is -2.16. The van der Waals surface area contributed by atoms with Gasteiger partial charge in [-0.25, -0.2) is 8.78 Å². The predicted molar refractivity (Wildman–Crippen MR) is 68.4 cm³/mol. The standard InChI is InChI=1S/C15H11F5O/c1-21-13-7-6-9(14(16)17)8-11(13)10-4-2-3-5-12(10)15(18,19)20/h2-8,14H,1H3. The molecule has 112 valence electrons. The number of rotatable bonds is 3. The van der Waals surface area contributed by atoms with Crippen molar-refractivity contribution in [3.63, 3.8) is 0 Å². The Morgan fingerprint density at radius 2 is 1.62 bits per heavy atom. The monoisotopic (exact) mass is 302 g/mol. The molecule has 0 amide bonds. The predicted octanol–water partition coefficient (Wildman–Crippen LogP) is 5.32. The van der Waals surface area contributed by atoms with E-state index >= 15 is 0 Å². The Hall–Kier alpha value is -2.11. The first kappa shape index (κ1) is 15.3. The lowest BCUT2D eigenvalue weighted by atomic mass is 9.97. The summed E-state index contributed by atoms with van der Waals surface area (Å²) in [7, 11) is 1.27. The Bertz CT molecular complexity index is 634. The number of alkyl halides is 5. The van der Waals surface area contributed by atoms with Crippen LogP contribution in [-0.2, 0) is 6.18 Å². The summed E-state index contributed by atoms with van der Waals surface area (Å²) in [5.41, 5.74) is -1.45. The number of benzene rings is 2. The second-order valence-electron chi connectivity index (χ2n) is 4.30. The van der Waals surface area contributed by atoms with E-state index in [9.17, 15) is 22.0 Å². The maximum Gasteiger partial charge on any atom is 0.417 e. The fourth-order valence-corrected chi connectivity index (χ4v) is 2.04. The van der Waals surface area contributed by atoms with Crippen molar-refractivity contribution >= 4 is 0 Å². The zero-order valence-corrected chi connectivity index (χ0v) is 10.9. The smallest absolute Gasteiger partial charge is 0.417 e. The molecule has 0 unspecified atom stereocenters. The molecule has 2 aromatic rings. The number of hydrogen-bond acceptors (Lipinski definition) is 1. The Balaban J connectivity index is 2.69. The fraction of sp³-hybridized carbons (Fsp3) is 0.200. The van der Waals surface area contributed by atoms with Gasteiger partial charge in [0, 0.05) is 11.1 Å². The van der Waals surface area contributed by atoms with Gasteiger partial charge >= 0.3 is 6.18 Å². The van der Waals surface area contributed by atoms with Gasteiger partial charge in [-0.3, -0.25) is 0 Å². The molecule has 0 aliphatic rings. The van der Waals surface area contributed by atoms with Gasteiger partial charge in [0.2, 0.25) is 0 Å². The Morgan fingerprint density at radius 3 is 2.19 bits per heavy atom. The summed E-state index contributed by atoms with van der Waals surface area (Å²) in [6.07, 6.45) is -7.35. The molecule has 2 rings (SSSR count). The number of halogens is 5. The molecule has 2 aromatic carbocycles. The number of ether oxygens (including phenoxy) is 1. The van der Waals surface area contributed by atoms with E-state index in [1.54, 1.807) is 0 Å². The third kappa shape index (κ3) is 3.15. The largest absolute Gasteiger partial charge is 0.496 e. The van der Waals surface area contributed by atoms with Crippen LogP contribution in [0.4, 0.5) is 22.0 Å². The summed E-state index contributed by atoms with van der Waals surface area (Å²) in [6.45, 7) is 0. The van der Waals surface area contributed by atoms with Crippen molar-refractivity contribution in [2.75, 3.05) is 7.11 Å². The Kier molecular flexibility index (Phi) is 4.16. The van der Waals surface area contributed by atoms with Gasteiger partial charge in [0.1, 0.15) is 5.75 Å². The van der Waals surface area contributed by atoms with E-state index in [0.717, 1.165) is 18.2 Å². The first-order chi connectivity index (χ1) is 9.84. The second-order valence-corrected chi connectivity index (χ2v) is 4.30. The summed E-state index contributed by atoms with van der Waals surface area (Å²) in [6, 6.07) is 8.19. The Labute approximate surface area is 118 Å². The van der Waals surface area contributed by atoms with E-state index in [-0.39, 0.29) is 22.4 Å². The Morgan fingerprint density at radius 1 is 0.952 bits per heavy atom. The van der Waals surface area contributed by atoms with Crippen LogP contribution in [0.25, 0.3) is 11.1 Å². The van der Waals surface area contributed by atoms with Gasteiger partial charge in [-0.2, -0.15) is 13.2 Å². The van der Waals surface area contributed by atoms with Crippen LogP contribution in [0.2, 0.25) is 0 Å². The maximum absolute atomic E-state index is 13.0. The van der Waals surface area contributed by atoms with Crippen LogP contribution in [0.5, 0.6) is 5.75 Å². The molecule has 0 fully saturated rings. The summed E-state index contributed by atoms with van der Waals surface area (Å²) in [5.74, 6) is 0.107. The molecule has 0 aromatic heterocycles. The SMILES string of the molecule is COc1ccc(C(F)F)cc1-c1ccccc1C(F)(F)F. The van der Waals surface area contributed by atoms with E-state index < -0.39 is 18.2 Å². The molecule has 1 nitrogen and oxygen atoms in total. The van der Waals surface area contributed by atoms with Crippen molar-refractivity contribution in [1.82, 2.24) is 0 Å². The van der Waals surface area contributed by atoms with Gasteiger partial charge in [-0.05, 0) is 29.8 Å². The average molecular weight is 302 g/mol. The lowest BCUT2D eigenvalue weighted by Crippen LogP contribution is -2.07. The molecule has 0 saturated heterocycles. The minimum Gasteiger partial charge on any atom is -0.496 e. The van der Waals surface area contributed by atoms with Crippen molar-refractivity contribution in [1.29, 1.82) is 0 Å². The molecular weight excluding hydrogens is 291 g/mol. The van der Waals surface area contributed by atoms with E-state index in [0.29, 0.717) is 0 Å². The molecule has 0 saturated carbocycles. The van der Waals surface area contributed by atoms with Crippen LogP contribution < -0.4 is 4.74 Å². The summed E-state index contributed by atoms with van der Waals surface area (Å²) in [4.78, 5) is 0. The average Bonchev–Trinajstić information content (AvgIpc) is 2.45. The quantitative estimate of drug-likeness (QED) is 0.697. The van der Waals surface area contributed by atoms with Crippen LogP contribution in [0.3, 0.4) is 0 Å². The minimum absolute atomic E-state index is 0.0109. The molecule has 0 spiro atoms. The van der Waals surface area contributed by atoms with Gasteiger partial charge in [0.15, 0.2) is 0 Å². The van der Waals surface area contributed by atoms with Gasteiger partial charge in [-0.15, -0.1) is 0 Å². The second kappa shape index (κ2) is 5.71. The molecule has 0 aliphatic heterocycles. The number of methoxy groups -OCH3 is 1. The molecule has 0 radical (unpaired) electrons. The molecular formula is C15H11F5O. The van der Waals surface area contributed by atoms with Gasteiger partial charge in [0.05, 0.1) is 12.7 Å². The van der Waals surface area contributed by atoms with Crippen LogP contribution >= 0.6 is 0 Å². The van der Waals surface area contributed by atoms with Crippen LogP contribution in [-0.4, -0.2) is 7.11 Å². The highest BCUT2D eigenvalue weighted by molar-refractivity contribution is 5.74. The minimum atomic E-state index is -4.58. The number of hydrogen-bond donors (Lipinski definition) is 0. The normalized spacial score (nSPS) is 11.8. The fourth-order valence-electron chi connectivity index (χ4n) is 2.04. The van der Waals surface area contributed by atoms with E-state index in [4.69, 9.17) is 4.74 Å². The highest BCUT2D eigenvalue weighted by atomic mass is 19.4. The zero-order chi connectivity index (χ0) is 15.6. The van der Waals surface area contributed by atoms with Gasteiger partial charge < -0.3 is 4.74 Å². The zero-order valence-electron chi connectivity index (χ0n) is 10.9. The van der Waals surface area contributed by atoms with Gasteiger partial charge in [0.25, 0.3) is 6.43 Å². The van der Waals surface area contributed by atoms with Crippen molar-refractivity contribution in [2.24, 2.45) is 0 Å². The van der Waals surface area contributed by atoms with Crippen molar-refractivity contribution in [3.05, 3.63) is 53.6 Å². The van der Waals surface area contributed by atoms with Crippen molar-refractivity contribution in [3.8, 4) is 16.9 Å². The summed E-state index contributed by atoms with van der Waals surface area (Å²) < 4.78 is 69.6.